The molecule has 0 radical (unpaired) electrons. The predicted molar refractivity (Wildman–Crippen MR) is 177 cm³/mol. The van der Waals surface area contributed by atoms with Gasteiger partial charge in [0.15, 0.2) is 0 Å². The molecular formula is C40H38F3O5W-. The van der Waals surface area contributed by atoms with Crippen molar-refractivity contribution >= 4 is 10.7 Å². The third-order valence-electron chi connectivity index (χ3n) is 9.64. The van der Waals surface area contributed by atoms with Gasteiger partial charge in [0, 0.05) is 29.2 Å². The first-order chi connectivity index (χ1) is 23.7. The molecule has 9 heteroatoms. The number of benzene rings is 4. The third-order valence-corrected chi connectivity index (χ3v) is 9.64. The van der Waals surface area contributed by atoms with E-state index in [-0.39, 0.29) is 30.3 Å². The van der Waals surface area contributed by atoms with E-state index in [4.69, 9.17) is 19.2 Å². The van der Waals surface area contributed by atoms with Crippen molar-refractivity contribution in [2.75, 3.05) is 0 Å². The Kier molecular flexibility index (Phi) is 10.9. The van der Waals surface area contributed by atoms with Gasteiger partial charge in [0.05, 0.1) is 6.10 Å². The first kappa shape index (κ1) is 35.3. The van der Waals surface area contributed by atoms with Gasteiger partial charge in [0.1, 0.15) is 12.4 Å². The molecule has 0 fully saturated rings. The number of hydrogen-bond donors (Lipinski definition) is 0. The van der Waals surface area contributed by atoms with E-state index in [9.17, 15) is 4.79 Å². The van der Waals surface area contributed by atoms with Gasteiger partial charge < -0.3 is 21.2 Å². The van der Waals surface area contributed by atoms with E-state index < -0.39 is 24.2 Å². The molecule has 0 N–H and O–H groups in total. The Morgan fingerprint density at radius 2 is 1.55 bits per heavy atom. The van der Waals surface area contributed by atoms with E-state index >= 15 is 13.2 Å². The van der Waals surface area contributed by atoms with Crippen LogP contribution in [-0.2, 0) is 76.6 Å². The summed E-state index contributed by atoms with van der Waals surface area (Å²) >= 11 is 1.33. The van der Waals surface area contributed by atoms with Crippen molar-refractivity contribution in [1.29, 1.82) is 0 Å². The molecule has 4 aromatic carbocycles. The fraction of sp³-hybridized carbons (Fsp3) is 0.325. The molecular weight excluding hydrogens is 801 g/mol. The van der Waals surface area contributed by atoms with Crippen LogP contribution < -0.4 is 4.74 Å². The molecule has 0 spiro atoms. The van der Waals surface area contributed by atoms with Gasteiger partial charge >= 0.3 is 30.4 Å². The van der Waals surface area contributed by atoms with Gasteiger partial charge in [0.2, 0.25) is 6.29 Å². The van der Waals surface area contributed by atoms with Crippen LogP contribution in [-0.4, -0.2) is 29.3 Å². The summed E-state index contributed by atoms with van der Waals surface area (Å²) in [6, 6.07) is 26.1. The minimum absolute atomic E-state index is 0.163. The second-order valence-electron chi connectivity index (χ2n) is 12.6. The molecule has 4 aromatic rings. The number of halogens is 3. The number of carbonyl (C=O) groups excluding carboxylic acids is 1. The third kappa shape index (κ3) is 7.07. The Hall–Kier alpha value is -3.55. The molecule has 3 aliphatic rings. The molecule has 2 unspecified atom stereocenters. The van der Waals surface area contributed by atoms with Crippen LogP contribution in [0.15, 0.2) is 91.0 Å². The van der Waals surface area contributed by atoms with E-state index in [2.05, 4.69) is 24.0 Å². The minimum atomic E-state index is -5.02. The van der Waals surface area contributed by atoms with Gasteiger partial charge in [-0.3, -0.25) is 0 Å². The zero-order valence-corrected chi connectivity index (χ0v) is 30.0. The van der Waals surface area contributed by atoms with Gasteiger partial charge in [-0.05, 0) is 78.0 Å². The Morgan fingerprint density at radius 3 is 2.29 bits per heavy atom. The normalized spacial score (nSPS) is 20.8. The van der Waals surface area contributed by atoms with Gasteiger partial charge in [-0.25, -0.2) is 9.78 Å². The Morgan fingerprint density at radius 1 is 0.857 bits per heavy atom. The van der Waals surface area contributed by atoms with Crippen LogP contribution >= 0.6 is 0 Å². The number of alkyl halides is 3. The van der Waals surface area contributed by atoms with Crippen LogP contribution in [0.25, 0.3) is 0 Å². The number of ketones is 1. The van der Waals surface area contributed by atoms with Crippen LogP contribution in [0.1, 0.15) is 69.7 Å². The molecule has 0 saturated heterocycles. The van der Waals surface area contributed by atoms with Crippen molar-refractivity contribution < 1.29 is 56.6 Å². The molecule has 0 aromatic heterocycles. The van der Waals surface area contributed by atoms with Gasteiger partial charge in [0.25, 0.3) is 5.60 Å². The quantitative estimate of drug-likeness (QED) is 0.102. The molecule has 0 amide bonds. The van der Waals surface area contributed by atoms with E-state index in [1.165, 1.54) is 54.7 Å². The number of ether oxygens (including phenoxy) is 2. The molecule has 2 aliphatic carbocycles. The summed E-state index contributed by atoms with van der Waals surface area (Å²) in [6.45, 7) is 3.12. The maximum atomic E-state index is 15.8. The Balaban J connectivity index is 0.00000205. The first-order valence-electron chi connectivity index (χ1n) is 16.4. The number of fused-ring (bicyclic) bond motifs is 7. The fourth-order valence-corrected chi connectivity index (χ4v) is 7.40. The van der Waals surface area contributed by atoms with Crippen molar-refractivity contribution in [2.45, 2.75) is 81.6 Å². The van der Waals surface area contributed by atoms with E-state index in [1.54, 1.807) is 36.4 Å². The van der Waals surface area contributed by atoms with Crippen LogP contribution in [0, 0.1) is 6.92 Å². The topological polar surface area (TPSA) is 54.0 Å². The van der Waals surface area contributed by atoms with Crippen LogP contribution in [0.4, 0.5) is 13.2 Å². The van der Waals surface area contributed by atoms with E-state index in [0.717, 1.165) is 47.9 Å². The summed E-state index contributed by atoms with van der Waals surface area (Å²) in [5, 5.41) is 0. The number of Topliss-reactive ketones (excluding diaryl/α,β-unsaturated/α-hetero) is 1. The van der Waals surface area contributed by atoms with Crippen LogP contribution in [0.3, 0.4) is 0 Å². The molecule has 0 bridgehead atoms. The van der Waals surface area contributed by atoms with Gasteiger partial charge in [-0.2, -0.15) is 13.2 Å². The van der Waals surface area contributed by atoms with Gasteiger partial charge in [-0.1, -0.05) is 84.9 Å². The number of carbonyl (C=O) groups is 1. The first-order valence-corrected chi connectivity index (χ1v) is 18.5. The summed E-state index contributed by atoms with van der Waals surface area (Å²) in [7, 11) is 0. The van der Waals surface area contributed by atoms with Gasteiger partial charge in [-0.15, -0.1) is 0 Å². The van der Waals surface area contributed by atoms with E-state index in [0.29, 0.717) is 24.2 Å². The summed E-state index contributed by atoms with van der Waals surface area (Å²) in [5.41, 5.74) is 3.51. The Labute approximate surface area is 296 Å². The van der Waals surface area contributed by atoms with Crippen molar-refractivity contribution in [2.24, 2.45) is 0 Å². The fourth-order valence-electron chi connectivity index (χ4n) is 7.40. The van der Waals surface area contributed by atoms with Crippen molar-refractivity contribution in [3.63, 3.8) is 0 Å². The average molecular weight is 840 g/mol. The molecule has 1 aliphatic heterocycles. The van der Waals surface area contributed by atoms with Crippen LogP contribution in [0.2, 0.25) is 0 Å². The second kappa shape index (κ2) is 15.1. The van der Waals surface area contributed by atoms with Crippen molar-refractivity contribution in [3.8, 4) is 5.75 Å². The van der Waals surface area contributed by atoms with E-state index in [1.807, 2.05) is 18.2 Å². The maximum absolute atomic E-state index is 15.8. The number of aryl methyl sites for hydroxylation is 2. The summed E-state index contributed by atoms with van der Waals surface area (Å²) in [6.07, 6.45) is -2.33. The Bertz CT molecular complexity index is 1760. The SMILES string of the molecule is [CH2-]C(=O)Cc1ccc(COO[C@](c2ccccc2)(C2Oc3ccc4c(c3[C@H]3c5ccccc5CCC3O2)CCCC4)C(F)(F)F)cc1.[CH2]=[W]. The average Bonchev–Trinajstić information content (AvgIpc) is 3.29. The zero-order chi connectivity index (χ0) is 34.6. The van der Waals surface area contributed by atoms with Crippen LogP contribution in [0.5, 0.6) is 5.75 Å². The zero-order valence-electron chi connectivity index (χ0n) is 27.0. The standard InChI is InChI=1S/C39H36F3O5.CH2.W/c1-25(43)23-26-15-17-27(18-16-26)24-44-47-38(39(40,41)42,30-11-3-2-4-12-30)37-45-33-21-19-28-9-5-7-13-31(28)35(33)36-32-14-8-6-10-29(32)20-22-34(36)46-37;;/h2-5,7,9,11-13,15-18,20,22,33,35,37H,1,6,8,10,14,19,21,23-24H2;1H2;/q-1;;/t33?,35-,37?,38+;;/m0../s1. The summed E-state index contributed by atoms with van der Waals surface area (Å²) in [5.74, 6) is -0.146. The summed E-state index contributed by atoms with van der Waals surface area (Å²) < 4.78 is 60.4. The van der Waals surface area contributed by atoms with Crippen molar-refractivity contribution in [3.05, 3.63) is 142 Å². The molecule has 7 rings (SSSR count). The molecule has 49 heavy (non-hydrogen) atoms. The second-order valence-corrected chi connectivity index (χ2v) is 12.6. The molecule has 1 heterocycles. The predicted octanol–water partition coefficient (Wildman–Crippen LogP) is 8.26. The molecule has 0 saturated carbocycles. The molecule has 5 nitrogen and oxygen atoms in total. The number of rotatable bonds is 8. The molecule has 4 atom stereocenters. The summed E-state index contributed by atoms with van der Waals surface area (Å²) in [4.78, 5) is 25.8. The van der Waals surface area contributed by atoms with Crippen molar-refractivity contribution in [1.82, 2.24) is 0 Å². The molecule has 256 valence electrons. The number of hydrogen-bond acceptors (Lipinski definition) is 5. The monoisotopic (exact) mass is 839 g/mol.